The number of sulfonamides is 1. The molecule has 0 bridgehead atoms. The molecule has 0 unspecified atom stereocenters. The standard InChI is InChI=1S/C18H22N4O3S/c1-13-5-8-15(9-6-13)20-21-17-11-14(2)7-10-16(17)19-18(23)12-22(3)26(4,24)25/h5-11H,12H2,1-4H3,(H,19,23). The minimum absolute atomic E-state index is 0.277. The number of anilines is 1. The van der Waals surface area contributed by atoms with E-state index in [1.165, 1.54) is 7.05 Å². The molecule has 0 aromatic heterocycles. The van der Waals surface area contributed by atoms with Crippen molar-refractivity contribution in [2.75, 3.05) is 25.2 Å². The second-order valence-corrected chi connectivity index (χ2v) is 8.21. The summed E-state index contributed by atoms with van der Waals surface area (Å²) < 4.78 is 23.8. The van der Waals surface area contributed by atoms with Gasteiger partial charge in [0.2, 0.25) is 15.9 Å². The number of carbonyl (C=O) groups is 1. The van der Waals surface area contributed by atoms with Gasteiger partial charge in [-0.2, -0.15) is 9.42 Å². The summed E-state index contributed by atoms with van der Waals surface area (Å²) in [4.78, 5) is 12.1. The van der Waals surface area contributed by atoms with E-state index in [-0.39, 0.29) is 6.54 Å². The Balaban J connectivity index is 2.19. The molecule has 0 saturated carbocycles. The molecule has 0 heterocycles. The second kappa shape index (κ2) is 8.20. The fraction of sp³-hybridized carbons (Fsp3) is 0.278. The third-order valence-electron chi connectivity index (χ3n) is 3.67. The van der Waals surface area contributed by atoms with Crippen LogP contribution in [-0.2, 0) is 14.8 Å². The molecule has 0 atom stereocenters. The molecule has 0 aliphatic rings. The Morgan fingerprint density at radius 1 is 1.04 bits per heavy atom. The van der Waals surface area contributed by atoms with E-state index in [1.807, 2.05) is 44.2 Å². The van der Waals surface area contributed by atoms with Crippen molar-refractivity contribution in [3.05, 3.63) is 53.6 Å². The van der Waals surface area contributed by atoms with Gasteiger partial charge in [0, 0.05) is 7.05 Å². The molecule has 0 aliphatic carbocycles. The largest absolute Gasteiger partial charge is 0.323 e. The highest BCUT2D eigenvalue weighted by Gasteiger charge is 2.16. The van der Waals surface area contributed by atoms with Crippen molar-refractivity contribution in [3.63, 3.8) is 0 Å². The Morgan fingerprint density at radius 2 is 1.65 bits per heavy atom. The van der Waals surface area contributed by atoms with Crippen LogP contribution in [0.2, 0.25) is 0 Å². The number of aryl methyl sites for hydroxylation is 2. The topological polar surface area (TPSA) is 91.2 Å². The summed E-state index contributed by atoms with van der Waals surface area (Å²) in [5.41, 5.74) is 3.77. The van der Waals surface area contributed by atoms with Crippen LogP contribution in [0.5, 0.6) is 0 Å². The molecule has 8 heteroatoms. The van der Waals surface area contributed by atoms with Gasteiger partial charge in [0.15, 0.2) is 0 Å². The normalized spacial score (nSPS) is 11.9. The zero-order valence-corrected chi connectivity index (χ0v) is 16.0. The van der Waals surface area contributed by atoms with Gasteiger partial charge in [-0.25, -0.2) is 8.42 Å². The number of nitrogens with one attached hydrogen (secondary N) is 1. The SMILES string of the molecule is Cc1ccc(N=Nc2cc(C)ccc2NC(=O)CN(C)S(C)(=O)=O)cc1. The highest BCUT2D eigenvalue weighted by molar-refractivity contribution is 7.88. The smallest absolute Gasteiger partial charge is 0.239 e. The molecular formula is C18H22N4O3S. The molecule has 0 fully saturated rings. The molecule has 2 aromatic rings. The third-order valence-corrected chi connectivity index (χ3v) is 4.93. The van der Waals surface area contributed by atoms with Crippen LogP contribution in [0.3, 0.4) is 0 Å². The number of hydrogen-bond acceptors (Lipinski definition) is 5. The van der Waals surface area contributed by atoms with Crippen LogP contribution in [0, 0.1) is 13.8 Å². The van der Waals surface area contributed by atoms with Crippen LogP contribution in [0.4, 0.5) is 17.1 Å². The fourth-order valence-electron chi connectivity index (χ4n) is 2.06. The molecule has 0 radical (unpaired) electrons. The lowest BCUT2D eigenvalue weighted by Gasteiger charge is -2.14. The zero-order chi connectivity index (χ0) is 19.3. The van der Waals surface area contributed by atoms with Gasteiger partial charge >= 0.3 is 0 Å². The molecule has 26 heavy (non-hydrogen) atoms. The van der Waals surface area contributed by atoms with Gasteiger partial charge in [-0.15, -0.1) is 5.11 Å². The first-order chi connectivity index (χ1) is 12.1. The number of amides is 1. The quantitative estimate of drug-likeness (QED) is 0.784. The van der Waals surface area contributed by atoms with E-state index in [9.17, 15) is 13.2 Å². The van der Waals surface area contributed by atoms with Crippen molar-refractivity contribution < 1.29 is 13.2 Å². The summed E-state index contributed by atoms with van der Waals surface area (Å²) in [6.45, 7) is 3.62. The van der Waals surface area contributed by atoms with E-state index >= 15 is 0 Å². The summed E-state index contributed by atoms with van der Waals surface area (Å²) in [7, 11) is -2.08. The van der Waals surface area contributed by atoms with Crippen molar-refractivity contribution in [2.24, 2.45) is 10.2 Å². The molecule has 138 valence electrons. The third kappa shape index (κ3) is 5.75. The minimum atomic E-state index is -3.43. The molecule has 0 saturated heterocycles. The number of carbonyl (C=O) groups excluding carboxylic acids is 1. The maximum atomic E-state index is 12.1. The van der Waals surface area contributed by atoms with E-state index < -0.39 is 15.9 Å². The monoisotopic (exact) mass is 374 g/mol. The summed E-state index contributed by atoms with van der Waals surface area (Å²) in [5, 5.41) is 11.1. The lowest BCUT2D eigenvalue weighted by molar-refractivity contribution is -0.116. The molecule has 1 N–H and O–H groups in total. The first-order valence-corrected chi connectivity index (χ1v) is 9.80. The van der Waals surface area contributed by atoms with Gasteiger partial charge < -0.3 is 5.32 Å². The van der Waals surface area contributed by atoms with E-state index in [4.69, 9.17) is 0 Å². The van der Waals surface area contributed by atoms with Crippen molar-refractivity contribution in [1.82, 2.24) is 4.31 Å². The molecule has 7 nitrogen and oxygen atoms in total. The average Bonchev–Trinajstić information content (AvgIpc) is 2.55. The number of rotatable bonds is 6. The number of hydrogen-bond donors (Lipinski definition) is 1. The predicted octanol–water partition coefficient (Wildman–Crippen LogP) is 3.55. The number of azo groups is 1. The van der Waals surface area contributed by atoms with Gasteiger partial charge in [-0.1, -0.05) is 23.8 Å². The van der Waals surface area contributed by atoms with Gasteiger partial charge in [0.25, 0.3) is 0 Å². The minimum Gasteiger partial charge on any atom is -0.323 e. The molecule has 2 rings (SSSR count). The summed E-state index contributed by atoms with van der Waals surface area (Å²) in [6.07, 6.45) is 1.05. The Kier molecular flexibility index (Phi) is 6.23. The van der Waals surface area contributed by atoms with Crippen LogP contribution in [-0.4, -0.2) is 38.5 Å². The Labute approximate surface area is 153 Å². The van der Waals surface area contributed by atoms with Gasteiger partial charge in [0.1, 0.15) is 5.69 Å². The highest BCUT2D eigenvalue weighted by atomic mass is 32.2. The van der Waals surface area contributed by atoms with Crippen LogP contribution >= 0.6 is 0 Å². The Morgan fingerprint density at radius 3 is 2.27 bits per heavy atom. The molecule has 1 amide bonds. The maximum Gasteiger partial charge on any atom is 0.239 e. The van der Waals surface area contributed by atoms with E-state index in [2.05, 4.69) is 15.5 Å². The molecular weight excluding hydrogens is 352 g/mol. The van der Waals surface area contributed by atoms with Crippen molar-refractivity contribution >= 4 is 33.0 Å². The van der Waals surface area contributed by atoms with Crippen molar-refractivity contribution in [3.8, 4) is 0 Å². The number of likely N-dealkylation sites (N-methyl/N-ethyl adjacent to an activating group) is 1. The summed E-state index contributed by atoms with van der Waals surface area (Å²) >= 11 is 0. The van der Waals surface area contributed by atoms with E-state index in [1.54, 1.807) is 12.1 Å². The Hall–Kier alpha value is -2.58. The van der Waals surface area contributed by atoms with Crippen LogP contribution < -0.4 is 5.32 Å². The lowest BCUT2D eigenvalue weighted by atomic mass is 10.2. The van der Waals surface area contributed by atoms with Crippen molar-refractivity contribution in [1.29, 1.82) is 0 Å². The molecule has 0 aliphatic heterocycles. The number of nitrogens with zero attached hydrogens (tertiary/aromatic N) is 3. The first-order valence-electron chi connectivity index (χ1n) is 7.95. The van der Waals surface area contributed by atoms with E-state index in [0.29, 0.717) is 17.1 Å². The fourth-order valence-corrected chi connectivity index (χ4v) is 2.41. The van der Waals surface area contributed by atoms with Crippen LogP contribution in [0.1, 0.15) is 11.1 Å². The first kappa shape index (κ1) is 19.7. The predicted molar refractivity (Wildman–Crippen MR) is 103 cm³/mol. The zero-order valence-electron chi connectivity index (χ0n) is 15.2. The summed E-state index contributed by atoms with van der Waals surface area (Å²) in [6, 6.07) is 12.9. The number of benzene rings is 2. The second-order valence-electron chi connectivity index (χ2n) is 6.12. The van der Waals surface area contributed by atoms with Crippen LogP contribution in [0.25, 0.3) is 0 Å². The highest BCUT2D eigenvalue weighted by Crippen LogP contribution is 2.28. The molecule has 2 aromatic carbocycles. The van der Waals surface area contributed by atoms with Gasteiger partial charge in [-0.05, 0) is 43.7 Å². The Bertz CT molecular complexity index is 922. The maximum absolute atomic E-state index is 12.1. The van der Waals surface area contributed by atoms with Crippen LogP contribution in [0.15, 0.2) is 52.7 Å². The van der Waals surface area contributed by atoms with Crippen molar-refractivity contribution in [2.45, 2.75) is 13.8 Å². The van der Waals surface area contributed by atoms with Gasteiger partial charge in [0.05, 0.1) is 24.2 Å². The lowest BCUT2D eigenvalue weighted by Crippen LogP contribution is -2.34. The average molecular weight is 374 g/mol. The molecule has 0 spiro atoms. The summed E-state index contributed by atoms with van der Waals surface area (Å²) in [5.74, 6) is -0.450. The van der Waals surface area contributed by atoms with Gasteiger partial charge in [-0.3, -0.25) is 4.79 Å². The van der Waals surface area contributed by atoms with E-state index in [0.717, 1.165) is 21.7 Å².